The van der Waals surface area contributed by atoms with Crippen LogP contribution in [0.2, 0.25) is 5.02 Å². The van der Waals surface area contributed by atoms with Crippen LogP contribution in [0.3, 0.4) is 0 Å². The first-order chi connectivity index (χ1) is 9.56. The fourth-order valence-corrected chi connectivity index (χ4v) is 3.02. The van der Waals surface area contributed by atoms with E-state index in [-0.39, 0.29) is 5.75 Å². The molecule has 20 heavy (non-hydrogen) atoms. The molecule has 0 aliphatic rings. The van der Waals surface area contributed by atoms with Crippen molar-refractivity contribution in [3.05, 3.63) is 29.3 Å². The van der Waals surface area contributed by atoms with Gasteiger partial charge >= 0.3 is 0 Å². The number of hydrogen-bond acceptors (Lipinski definition) is 4. The quantitative estimate of drug-likeness (QED) is 0.673. The van der Waals surface area contributed by atoms with Gasteiger partial charge < -0.3 is 10.1 Å². The molecular weight excluding hydrogens is 298 g/mol. The van der Waals surface area contributed by atoms with Crippen LogP contribution in [0.15, 0.2) is 29.2 Å². The Kier molecular flexibility index (Phi) is 8.14. The first-order valence-corrected chi connectivity index (χ1v) is 8.86. The molecule has 0 saturated carbocycles. The van der Waals surface area contributed by atoms with E-state index in [1.807, 2.05) is 6.92 Å². The normalized spacial score (nSPS) is 11.7. The molecule has 0 radical (unpaired) electrons. The zero-order valence-electron chi connectivity index (χ0n) is 11.8. The van der Waals surface area contributed by atoms with Gasteiger partial charge in [0.15, 0.2) is 9.84 Å². The number of unbranched alkanes of at least 4 members (excludes halogenated alkanes) is 1. The Bertz CT molecular complexity index is 474. The number of sulfone groups is 1. The SMILES string of the molecule is CCOCCCCNCCS(=O)(=O)c1ccc(Cl)cc1. The predicted octanol–water partition coefficient (Wildman–Crippen LogP) is 2.52. The third kappa shape index (κ3) is 6.70. The Hall–Kier alpha value is -0.620. The molecule has 0 amide bonds. The summed E-state index contributed by atoms with van der Waals surface area (Å²) in [5, 5.41) is 3.68. The first-order valence-electron chi connectivity index (χ1n) is 6.83. The molecule has 1 rings (SSSR count). The molecule has 1 N–H and O–H groups in total. The van der Waals surface area contributed by atoms with Crippen molar-refractivity contribution < 1.29 is 13.2 Å². The smallest absolute Gasteiger partial charge is 0.179 e. The molecule has 1 aromatic carbocycles. The molecule has 1 aromatic rings. The molecule has 0 aliphatic carbocycles. The van der Waals surface area contributed by atoms with E-state index < -0.39 is 9.84 Å². The second-order valence-corrected chi connectivity index (χ2v) is 6.97. The molecule has 0 unspecified atom stereocenters. The molecule has 0 atom stereocenters. The third-order valence-corrected chi connectivity index (χ3v) is 4.80. The summed E-state index contributed by atoms with van der Waals surface area (Å²) in [6.07, 6.45) is 1.98. The van der Waals surface area contributed by atoms with Gasteiger partial charge in [-0.15, -0.1) is 0 Å². The van der Waals surface area contributed by atoms with Gasteiger partial charge in [0.2, 0.25) is 0 Å². The summed E-state index contributed by atoms with van der Waals surface area (Å²) in [5.74, 6) is 0.0973. The van der Waals surface area contributed by atoms with Crippen LogP contribution in [0.4, 0.5) is 0 Å². The summed E-state index contributed by atoms with van der Waals surface area (Å²) >= 11 is 5.74. The highest BCUT2D eigenvalue weighted by atomic mass is 35.5. The molecule has 0 aliphatic heterocycles. The lowest BCUT2D eigenvalue weighted by atomic mass is 10.3. The maximum absolute atomic E-state index is 12.0. The van der Waals surface area contributed by atoms with E-state index >= 15 is 0 Å². The van der Waals surface area contributed by atoms with Crippen molar-refractivity contribution in [2.24, 2.45) is 0 Å². The Balaban J connectivity index is 2.22. The van der Waals surface area contributed by atoms with E-state index in [1.165, 1.54) is 0 Å². The summed E-state index contributed by atoms with van der Waals surface area (Å²) in [6.45, 7) is 4.75. The van der Waals surface area contributed by atoms with Crippen LogP contribution >= 0.6 is 11.6 Å². The van der Waals surface area contributed by atoms with Gasteiger partial charge in [-0.1, -0.05) is 11.6 Å². The maximum atomic E-state index is 12.0. The number of halogens is 1. The lowest BCUT2D eigenvalue weighted by Crippen LogP contribution is -2.24. The Morgan fingerprint density at radius 2 is 1.85 bits per heavy atom. The molecular formula is C14H22ClNO3S. The summed E-state index contributed by atoms with van der Waals surface area (Å²) < 4.78 is 29.3. The molecule has 6 heteroatoms. The fourth-order valence-electron chi connectivity index (χ4n) is 1.69. The van der Waals surface area contributed by atoms with E-state index in [2.05, 4.69) is 5.32 Å². The zero-order chi connectivity index (χ0) is 14.8. The second kappa shape index (κ2) is 9.34. The molecule has 0 fully saturated rings. The van der Waals surface area contributed by atoms with Gasteiger partial charge in [-0.3, -0.25) is 0 Å². The number of nitrogens with one attached hydrogen (secondary N) is 1. The van der Waals surface area contributed by atoms with Gasteiger partial charge in [-0.25, -0.2) is 8.42 Å². The van der Waals surface area contributed by atoms with Crippen molar-refractivity contribution in [3.8, 4) is 0 Å². The van der Waals surface area contributed by atoms with Gasteiger partial charge in [-0.05, 0) is 50.6 Å². The van der Waals surface area contributed by atoms with Crippen LogP contribution in [-0.4, -0.2) is 40.5 Å². The van der Waals surface area contributed by atoms with E-state index in [9.17, 15) is 8.42 Å². The average molecular weight is 320 g/mol. The van der Waals surface area contributed by atoms with Crippen LogP contribution in [0, 0.1) is 0 Å². The molecule has 0 aromatic heterocycles. The monoisotopic (exact) mass is 319 g/mol. The highest BCUT2D eigenvalue weighted by Crippen LogP contribution is 2.14. The van der Waals surface area contributed by atoms with Crippen LogP contribution in [0.1, 0.15) is 19.8 Å². The van der Waals surface area contributed by atoms with Crippen molar-refractivity contribution in [2.75, 3.05) is 32.1 Å². The third-order valence-electron chi connectivity index (χ3n) is 2.82. The standard InChI is InChI=1S/C14H22ClNO3S/c1-2-19-11-4-3-9-16-10-12-20(17,18)14-7-5-13(15)6-8-14/h5-8,16H,2-4,9-12H2,1H3. The minimum Gasteiger partial charge on any atom is -0.382 e. The van der Waals surface area contributed by atoms with Crippen molar-refractivity contribution in [3.63, 3.8) is 0 Å². The summed E-state index contributed by atoms with van der Waals surface area (Å²) in [4.78, 5) is 0.319. The number of hydrogen-bond donors (Lipinski definition) is 1. The van der Waals surface area contributed by atoms with Crippen molar-refractivity contribution in [1.29, 1.82) is 0 Å². The van der Waals surface area contributed by atoms with Crippen LogP contribution in [0.25, 0.3) is 0 Å². The topological polar surface area (TPSA) is 55.4 Å². The minimum absolute atomic E-state index is 0.0973. The number of rotatable bonds is 10. The second-order valence-electron chi connectivity index (χ2n) is 4.43. The Labute approximate surface area is 126 Å². The fraction of sp³-hybridized carbons (Fsp3) is 0.571. The van der Waals surface area contributed by atoms with Gasteiger partial charge in [0.25, 0.3) is 0 Å². The predicted molar refractivity (Wildman–Crippen MR) is 82.1 cm³/mol. The van der Waals surface area contributed by atoms with Crippen molar-refractivity contribution in [2.45, 2.75) is 24.7 Å². The van der Waals surface area contributed by atoms with Crippen molar-refractivity contribution in [1.82, 2.24) is 5.32 Å². The number of benzene rings is 1. The van der Waals surface area contributed by atoms with E-state index in [0.717, 1.165) is 32.6 Å². The van der Waals surface area contributed by atoms with Crippen molar-refractivity contribution >= 4 is 21.4 Å². The minimum atomic E-state index is -3.22. The lowest BCUT2D eigenvalue weighted by molar-refractivity contribution is 0.143. The van der Waals surface area contributed by atoms with Gasteiger partial charge in [0, 0.05) is 24.8 Å². The Morgan fingerprint density at radius 3 is 2.50 bits per heavy atom. The molecule has 0 bridgehead atoms. The summed E-state index contributed by atoms with van der Waals surface area (Å²) in [5.41, 5.74) is 0. The summed E-state index contributed by atoms with van der Waals surface area (Å²) in [6, 6.07) is 6.27. The van der Waals surface area contributed by atoms with Gasteiger partial charge in [0.05, 0.1) is 10.6 Å². The molecule has 0 heterocycles. The maximum Gasteiger partial charge on any atom is 0.179 e. The van der Waals surface area contributed by atoms with E-state index in [4.69, 9.17) is 16.3 Å². The highest BCUT2D eigenvalue weighted by Gasteiger charge is 2.13. The van der Waals surface area contributed by atoms with Crippen LogP contribution < -0.4 is 5.32 Å². The van der Waals surface area contributed by atoms with Gasteiger partial charge in [-0.2, -0.15) is 0 Å². The van der Waals surface area contributed by atoms with E-state index in [0.29, 0.717) is 16.5 Å². The van der Waals surface area contributed by atoms with Crippen LogP contribution in [-0.2, 0) is 14.6 Å². The zero-order valence-corrected chi connectivity index (χ0v) is 13.3. The lowest BCUT2D eigenvalue weighted by Gasteiger charge is -2.06. The largest absolute Gasteiger partial charge is 0.382 e. The first kappa shape index (κ1) is 17.4. The molecule has 4 nitrogen and oxygen atoms in total. The van der Waals surface area contributed by atoms with Crippen LogP contribution in [0.5, 0.6) is 0 Å². The summed E-state index contributed by atoms with van der Waals surface area (Å²) in [7, 11) is -3.22. The Morgan fingerprint density at radius 1 is 1.15 bits per heavy atom. The molecule has 0 saturated heterocycles. The van der Waals surface area contributed by atoms with Gasteiger partial charge in [0.1, 0.15) is 0 Å². The number of ether oxygens (including phenoxy) is 1. The van der Waals surface area contributed by atoms with E-state index in [1.54, 1.807) is 24.3 Å². The molecule has 114 valence electrons. The molecule has 0 spiro atoms. The highest BCUT2D eigenvalue weighted by molar-refractivity contribution is 7.91. The average Bonchev–Trinajstić information content (AvgIpc) is 2.42.